The van der Waals surface area contributed by atoms with E-state index in [9.17, 15) is 18.8 Å². The van der Waals surface area contributed by atoms with Crippen molar-refractivity contribution in [1.29, 1.82) is 0 Å². The highest BCUT2D eigenvalue weighted by Gasteiger charge is 2.27. The smallest absolute Gasteiger partial charge is 0.329 e. The molecule has 0 aliphatic rings. The summed E-state index contributed by atoms with van der Waals surface area (Å²) in [6.45, 7) is 8.88. The van der Waals surface area contributed by atoms with Crippen LogP contribution in [0, 0.1) is 18.7 Å². The van der Waals surface area contributed by atoms with Crippen molar-refractivity contribution in [2.24, 2.45) is 5.92 Å². The molecule has 31 heavy (non-hydrogen) atoms. The van der Waals surface area contributed by atoms with Crippen molar-refractivity contribution < 1.29 is 23.5 Å². The van der Waals surface area contributed by atoms with Gasteiger partial charge in [-0.15, -0.1) is 0 Å². The lowest BCUT2D eigenvalue weighted by Crippen LogP contribution is -2.46. The van der Waals surface area contributed by atoms with Gasteiger partial charge < -0.3 is 15.4 Å². The summed E-state index contributed by atoms with van der Waals surface area (Å²) < 4.78 is 19.0. The minimum Gasteiger partial charge on any atom is -0.454 e. The van der Waals surface area contributed by atoms with Gasteiger partial charge in [-0.2, -0.15) is 0 Å². The fraction of sp³-hybridized carbons (Fsp3) is 0.375. The number of carbonyl (C=O) groups is 3. The molecule has 0 spiro atoms. The van der Waals surface area contributed by atoms with Crippen molar-refractivity contribution in [2.75, 3.05) is 11.9 Å². The summed E-state index contributed by atoms with van der Waals surface area (Å²) >= 11 is 0. The van der Waals surface area contributed by atoms with Crippen LogP contribution in [0.3, 0.4) is 0 Å². The monoisotopic (exact) mass is 428 g/mol. The minimum absolute atomic E-state index is 0.167. The standard InChI is InChI=1S/C24H29FN2O4/c1-14(2)17-11-8-9-16(5)22(17)26-20(28)13-31-24(30)21(15(3)4)27-23(29)18-10-6-7-12-19(18)25/h6-12,14-15,21H,13H2,1-5H3,(H,26,28)(H,27,29)/t21-/m0/s1. The lowest BCUT2D eigenvalue weighted by Gasteiger charge is -2.21. The summed E-state index contributed by atoms with van der Waals surface area (Å²) in [4.78, 5) is 37.3. The van der Waals surface area contributed by atoms with Gasteiger partial charge in [-0.1, -0.05) is 58.0 Å². The van der Waals surface area contributed by atoms with E-state index in [0.29, 0.717) is 5.69 Å². The molecule has 2 N–H and O–H groups in total. The number of hydrogen-bond donors (Lipinski definition) is 2. The number of halogens is 1. The Balaban J connectivity index is 2.02. The van der Waals surface area contributed by atoms with E-state index >= 15 is 0 Å². The molecule has 2 aromatic rings. The van der Waals surface area contributed by atoms with Crippen LogP contribution in [0.4, 0.5) is 10.1 Å². The van der Waals surface area contributed by atoms with Gasteiger partial charge in [-0.25, -0.2) is 9.18 Å². The highest BCUT2D eigenvalue weighted by molar-refractivity contribution is 5.98. The summed E-state index contributed by atoms with van der Waals surface area (Å²) in [5.41, 5.74) is 2.42. The zero-order valence-corrected chi connectivity index (χ0v) is 18.5. The van der Waals surface area contributed by atoms with Gasteiger partial charge in [0.15, 0.2) is 6.61 Å². The molecule has 2 rings (SSSR count). The molecule has 0 fully saturated rings. The van der Waals surface area contributed by atoms with Crippen molar-refractivity contribution in [3.63, 3.8) is 0 Å². The maximum Gasteiger partial charge on any atom is 0.329 e. The van der Waals surface area contributed by atoms with Crippen LogP contribution in [0.15, 0.2) is 42.5 Å². The van der Waals surface area contributed by atoms with Crippen LogP contribution in [-0.4, -0.2) is 30.4 Å². The van der Waals surface area contributed by atoms with Gasteiger partial charge in [-0.05, 0) is 42.0 Å². The van der Waals surface area contributed by atoms with Crippen LogP contribution < -0.4 is 10.6 Å². The maximum absolute atomic E-state index is 13.8. The molecule has 2 amide bonds. The average molecular weight is 429 g/mol. The number of carbonyl (C=O) groups excluding carboxylic acids is 3. The summed E-state index contributed by atoms with van der Waals surface area (Å²) in [5, 5.41) is 5.30. The molecular formula is C24H29FN2O4. The SMILES string of the molecule is Cc1cccc(C(C)C)c1NC(=O)COC(=O)[C@@H](NC(=O)c1ccccc1F)C(C)C. The largest absolute Gasteiger partial charge is 0.454 e. The third-order valence-corrected chi connectivity index (χ3v) is 4.86. The minimum atomic E-state index is -1.02. The van der Waals surface area contributed by atoms with E-state index in [1.807, 2.05) is 39.0 Å². The molecule has 2 aromatic carbocycles. The van der Waals surface area contributed by atoms with E-state index in [0.717, 1.165) is 11.1 Å². The molecule has 0 bridgehead atoms. The van der Waals surface area contributed by atoms with E-state index < -0.39 is 36.2 Å². The van der Waals surface area contributed by atoms with E-state index in [4.69, 9.17) is 4.74 Å². The quantitative estimate of drug-likeness (QED) is 0.618. The molecular weight excluding hydrogens is 399 g/mol. The molecule has 0 saturated carbocycles. The Kier molecular flexibility index (Phi) is 8.30. The highest BCUT2D eigenvalue weighted by atomic mass is 19.1. The Bertz CT molecular complexity index is 956. The van der Waals surface area contributed by atoms with Crippen LogP contribution >= 0.6 is 0 Å². The number of nitrogens with one attached hydrogen (secondary N) is 2. The Morgan fingerprint density at radius 3 is 2.29 bits per heavy atom. The average Bonchev–Trinajstić information content (AvgIpc) is 2.71. The number of hydrogen-bond acceptors (Lipinski definition) is 4. The molecule has 7 heteroatoms. The molecule has 0 aromatic heterocycles. The normalized spacial score (nSPS) is 11.9. The van der Waals surface area contributed by atoms with Crippen molar-refractivity contribution in [3.05, 3.63) is 65.0 Å². The second-order valence-electron chi connectivity index (χ2n) is 8.02. The molecule has 0 saturated heterocycles. The Labute approximate surface area is 182 Å². The Morgan fingerprint density at radius 2 is 1.68 bits per heavy atom. The molecule has 0 aliphatic carbocycles. The predicted molar refractivity (Wildman–Crippen MR) is 117 cm³/mol. The van der Waals surface area contributed by atoms with Gasteiger partial charge in [-0.3, -0.25) is 9.59 Å². The topological polar surface area (TPSA) is 84.5 Å². The Morgan fingerprint density at radius 1 is 1.00 bits per heavy atom. The van der Waals surface area contributed by atoms with E-state index in [2.05, 4.69) is 10.6 Å². The van der Waals surface area contributed by atoms with Gasteiger partial charge in [0.1, 0.15) is 11.9 Å². The summed E-state index contributed by atoms with van der Waals surface area (Å²) in [5.74, 6) is -2.77. The van der Waals surface area contributed by atoms with Crippen LogP contribution in [-0.2, 0) is 14.3 Å². The number of ether oxygens (including phenoxy) is 1. The summed E-state index contributed by atoms with van der Waals surface area (Å²) in [7, 11) is 0. The van der Waals surface area contributed by atoms with Crippen LogP contribution in [0.2, 0.25) is 0 Å². The predicted octanol–water partition coefficient (Wildman–Crippen LogP) is 4.19. The lowest BCUT2D eigenvalue weighted by atomic mass is 9.98. The van der Waals surface area contributed by atoms with Crippen molar-refractivity contribution in [1.82, 2.24) is 5.32 Å². The van der Waals surface area contributed by atoms with E-state index in [1.54, 1.807) is 13.8 Å². The summed E-state index contributed by atoms with van der Waals surface area (Å²) in [6, 6.07) is 10.2. The first-order valence-corrected chi connectivity index (χ1v) is 10.2. The zero-order valence-electron chi connectivity index (χ0n) is 18.5. The van der Waals surface area contributed by atoms with Gasteiger partial charge in [0.25, 0.3) is 11.8 Å². The van der Waals surface area contributed by atoms with Crippen molar-refractivity contribution >= 4 is 23.5 Å². The van der Waals surface area contributed by atoms with Crippen molar-refractivity contribution in [3.8, 4) is 0 Å². The third-order valence-electron chi connectivity index (χ3n) is 4.86. The molecule has 0 aliphatic heterocycles. The third kappa shape index (κ3) is 6.38. The lowest BCUT2D eigenvalue weighted by molar-refractivity contribution is -0.150. The number of benzene rings is 2. The van der Waals surface area contributed by atoms with Crippen molar-refractivity contribution in [2.45, 2.75) is 46.6 Å². The van der Waals surface area contributed by atoms with E-state index in [1.165, 1.54) is 24.3 Å². The van der Waals surface area contributed by atoms with Crippen LogP contribution in [0.25, 0.3) is 0 Å². The van der Waals surface area contributed by atoms with Crippen LogP contribution in [0.1, 0.15) is 55.1 Å². The number of aryl methyl sites for hydroxylation is 1. The first-order valence-electron chi connectivity index (χ1n) is 10.2. The van der Waals surface area contributed by atoms with Crippen LogP contribution in [0.5, 0.6) is 0 Å². The van der Waals surface area contributed by atoms with E-state index in [-0.39, 0.29) is 17.4 Å². The first-order chi connectivity index (χ1) is 14.6. The molecule has 1 atom stereocenters. The second kappa shape index (κ2) is 10.7. The number of esters is 1. The van der Waals surface area contributed by atoms with Gasteiger partial charge in [0, 0.05) is 5.69 Å². The number of amides is 2. The molecule has 0 heterocycles. The Hall–Kier alpha value is -3.22. The summed E-state index contributed by atoms with van der Waals surface area (Å²) in [6.07, 6.45) is 0. The number of anilines is 1. The number of rotatable bonds is 8. The maximum atomic E-state index is 13.8. The van der Waals surface area contributed by atoms with Gasteiger partial charge in [0.05, 0.1) is 5.56 Å². The molecule has 6 nitrogen and oxygen atoms in total. The van der Waals surface area contributed by atoms with Gasteiger partial charge >= 0.3 is 5.97 Å². The highest BCUT2D eigenvalue weighted by Crippen LogP contribution is 2.27. The number of para-hydroxylation sites is 1. The first kappa shape index (κ1) is 24.1. The second-order valence-corrected chi connectivity index (χ2v) is 8.02. The fourth-order valence-electron chi connectivity index (χ4n) is 3.11. The zero-order chi connectivity index (χ0) is 23.1. The molecule has 0 radical (unpaired) electrons. The fourth-order valence-corrected chi connectivity index (χ4v) is 3.11. The molecule has 0 unspecified atom stereocenters. The molecule has 166 valence electrons. The van der Waals surface area contributed by atoms with Gasteiger partial charge in [0.2, 0.25) is 0 Å².